The van der Waals surface area contributed by atoms with E-state index in [9.17, 15) is 16.8 Å². The minimum Gasteiger partial charge on any atom is -0.495 e. The average molecular weight is 342 g/mol. The smallest absolute Gasteiger partial charge is 0.261 e. The molecule has 2 aromatic rings. The highest BCUT2D eigenvalue weighted by Gasteiger charge is 2.18. The van der Waals surface area contributed by atoms with Crippen LogP contribution in [0.3, 0.4) is 0 Å². The first-order valence-electron chi connectivity index (χ1n) is 6.03. The van der Waals surface area contributed by atoms with Gasteiger partial charge in [-0.3, -0.25) is 4.72 Å². The zero-order chi connectivity index (χ0) is 16.4. The van der Waals surface area contributed by atoms with Gasteiger partial charge < -0.3 is 4.74 Å². The second-order valence-corrected chi connectivity index (χ2v) is 7.54. The highest BCUT2D eigenvalue weighted by Crippen LogP contribution is 2.27. The summed E-state index contributed by atoms with van der Waals surface area (Å²) in [7, 11) is -6.58. The fraction of sp³-hybridized carbons (Fsp3) is 0.0769. The van der Waals surface area contributed by atoms with Gasteiger partial charge in [-0.25, -0.2) is 22.0 Å². The van der Waals surface area contributed by atoms with Crippen LogP contribution in [-0.4, -0.2) is 23.9 Å². The van der Waals surface area contributed by atoms with Crippen LogP contribution in [0.15, 0.2) is 58.3 Å². The second kappa shape index (κ2) is 5.95. The van der Waals surface area contributed by atoms with Gasteiger partial charge in [0.05, 0.1) is 17.7 Å². The van der Waals surface area contributed by atoms with Crippen molar-refractivity contribution < 1.29 is 21.6 Å². The Morgan fingerprint density at radius 1 is 1.00 bits per heavy atom. The Morgan fingerprint density at radius 3 is 2.18 bits per heavy atom. The summed E-state index contributed by atoms with van der Waals surface area (Å²) in [6, 6.07) is 11.5. The Labute approximate surface area is 128 Å². The predicted molar refractivity (Wildman–Crippen MR) is 81.6 cm³/mol. The number of anilines is 1. The average Bonchev–Trinajstić information content (AvgIpc) is 2.47. The molecule has 3 N–H and O–H groups in total. The number of rotatable bonds is 5. The SMILES string of the molecule is COc1ccc(NS(=O)(=O)c2ccccc2)cc1S(N)(=O)=O. The molecule has 0 atom stereocenters. The first-order valence-corrected chi connectivity index (χ1v) is 9.06. The summed E-state index contributed by atoms with van der Waals surface area (Å²) in [5.74, 6) is 0.0326. The number of nitrogens with two attached hydrogens (primary N) is 1. The maximum absolute atomic E-state index is 12.2. The molecular weight excluding hydrogens is 328 g/mol. The zero-order valence-electron chi connectivity index (χ0n) is 11.6. The van der Waals surface area contributed by atoms with E-state index >= 15 is 0 Å². The summed E-state index contributed by atoms with van der Waals surface area (Å²) in [4.78, 5) is -0.244. The Morgan fingerprint density at radius 2 is 1.64 bits per heavy atom. The van der Waals surface area contributed by atoms with E-state index < -0.39 is 20.0 Å². The molecule has 118 valence electrons. The number of ether oxygens (including phenoxy) is 1. The molecular formula is C13H14N2O5S2. The molecule has 0 saturated carbocycles. The number of sulfonamides is 2. The molecule has 22 heavy (non-hydrogen) atoms. The van der Waals surface area contributed by atoms with E-state index in [1.54, 1.807) is 18.2 Å². The Kier molecular flexibility index (Phi) is 4.40. The molecule has 0 aliphatic rings. The van der Waals surface area contributed by atoms with Gasteiger partial charge in [0.1, 0.15) is 10.6 Å². The lowest BCUT2D eigenvalue weighted by molar-refractivity contribution is 0.403. The van der Waals surface area contributed by atoms with E-state index in [2.05, 4.69) is 4.72 Å². The molecule has 0 aliphatic carbocycles. The summed E-state index contributed by atoms with van der Waals surface area (Å²) in [5.41, 5.74) is 0.0636. The summed E-state index contributed by atoms with van der Waals surface area (Å²) in [6.07, 6.45) is 0. The summed E-state index contributed by atoms with van der Waals surface area (Å²) in [6.45, 7) is 0. The fourth-order valence-corrected chi connectivity index (χ4v) is 3.57. The number of hydrogen-bond donors (Lipinski definition) is 2. The third-order valence-electron chi connectivity index (χ3n) is 2.78. The number of benzene rings is 2. The molecule has 0 aliphatic heterocycles. The van der Waals surface area contributed by atoms with Crippen LogP contribution in [0, 0.1) is 0 Å². The van der Waals surface area contributed by atoms with E-state index in [1.165, 1.54) is 31.4 Å². The highest BCUT2D eigenvalue weighted by atomic mass is 32.2. The van der Waals surface area contributed by atoms with Crippen molar-refractivity contribution in [3.8, 4) is 5.75 Å². The van der Waals surface area contributed by atoms with Crippen LogP contribution in [0.1, 0.15) is 0 Å². The van der Waals surface area contributed by atoms with Crippen LogP contribution >= 0.6 is 0 Å². The third-order valence-corrected chi connectivity index (χ3v) is 5.11. The van der Waals surface area contributed by atoms with Crippen molar-refractivity contribution in [2.45, 2.75) is 9.79 Å². The first kappa shape index (κ1) is 16.3. The molecule has 2 aromatic carbocycles. The van der Waals surface area contributed by atoms with Crippen molar-refractivity contribution in [1.82, 2.24) is 0 Å². The van der Waals surface area contributed by atoms with E-state index in [4.69, 9.17) is 9.88 Å². The number of methoxy groups -OCH3 is 1. The van der Waals surface area contributed by atoms with E-state index in [0.29, 0.717) is 0 Å². The van der Waals surface area contributed by atoms with Crippen molar-refractivity contribution >= 4 is 25.7 Å². The van der Waals surface area contributed by atoms with Crippen LogP contribution in [-0.2, 0) is 20.0 Å². The van der Waals surface area contributed by atoms with Gasteiger partial charge in [0, 0.05) is 0 Å². The van der Waals surface area contributed by atoms with E-state index in [-0.39, 0.29) is 21.2 Å². The standard InChI is InChI=1S/C13H14N2O5S2/c1-20-12-8-7-10(9-13(12)21(14,16)17)15-22(18,19)11-5-3-2-4-6-11/h2-9,15H,1H3,(H2,14,16,17). The van der Waals surface area contributed by atoms with Gasteiger partial charge in [-0.05, 0) is 30.3 Å². The van der Waals surface area contributed by atoms with Crippen molar-refractivity contribution in [1.29, 1.82) is 0 Å². The monoisotopic (exact) mass is 342 g/mol. The molecule has 0 unspecified atom stereocenters. The van der Waals surface area contributed by atoms with Crippen molar-refractivity contribution in [2.24, 2.45) is 5.14 Å². The van der Waals surface area contributed by atoms with Crippen molar-refractivity contribution in [2.75, 3.05) is 11.8 Å². The zero-order valence-corrected chi connectivity index (χ0v) is 13.2. The van der Waals surface area contributed by atoms with Gasteiger partial charge in [-0.2, -0.15) is 0 Å². The van der Waals surface area contributed by atoms with E-state index in [0.717, 1.165) is 6.07 Å². The Bertz CT molecular complexity index is 878. The molecule has 0 spiro atoms. The minimum absolute atomic E-state index is 0.0326. The summed E-state index contributed by atoms with van der Waals surface area (Å²) < 4.78 is 54.6. The fourth-order valence-electron chi connectivity index (χ4n) is 1.78. The molecule has 0 radical (unpaired) electrons. The van der Waals surface area contributed by atoms with Gasteiger partial charge >= 0.3 is 0 Å². The van der Waals surface area contributed by atoms with E-state index in [1.807, 2.05) is 0 Å². The molecule has 0 saturated heterocycles. The Balaban J connectivity index is 2.43. The number of primary sulfonamides is 1. The quantitative estimate of drug-likeness (QED) is 0.845. The molecule has 0 bridgehead atoms. The molecule has 0 heterocycles. The maximum atomic E-state index is 12.2. The highest BCUT2D eigenvalue weighted by molar-refractivity contribution is 7.92. The number of nitrogens with one attached hydrogen (secondary N) is 1. The first-order chi connectivity index (χ1) is 10.2. The van der Waals surface area contributed by atoms with Crippen molar-refractivity contribution in [3.63, 3.8) is 0 Å². The van der Waals surface area contributed by atoms with Crippen LogP contribution in [0.5, 0.6) is 5.75 Å². The molecule has 2 rings (SSSR count). The molecule has 7 nitrogen and oxygen atoms in total. The minimum atomic E-state index is -4.05. The van der Waals surface area contributed by atoms with Gasteiger partial charge in [0.25, 0.3) is 10.0 Å². The van der Waals surface area contributed by atoms with Crippen LogP contribution in [0.4, 0.5) is 5.69 Å². The molecule has 0 amide bonds. The number of hydrogen-bond acceptors (Lipinski definition) is 5. The lowest BCUT2D eigenvalue weighted by Gasteiger charge is -2.11. The molecule has 9 heteroatoms. The normalized spacial score (nSPS) is 11.9. The predicted octanol–water partition coefficient (Wildman–Crippen LogP) is 1.14. The molecule has 0 fully saturated rings. The van der Waals surface area contributed by atoms with Gasteiger partial charge in [-0.15, -0.1) is 0 Å². The van der Waals surface area contributed by atoms with Gasteiger partial charge in [0.15, 0.2) is 0 Å². The second-order valence-electron chi connectivity index (χ2n) is 4.33. The lowest BCUT2D eigenvalue weighted by atomic mass is 10.3. The molecule has 0 aromatic heterocycles. The third kappa shape index (κ3) is 3.56. The maximum Gasteiger partial charge on any atom is 0.261 e. The van der Waals surface area contributed by atoms with Crippen LogP contribution < -0.4 is 14.6 Å². The largest absolute Gasteiger partial charge is 0.495 e. The Hall–Kier alpha value is -2.10. The summed E-state index contributed by atoms with van der Waals surface area (Å²) in [5, 5.41) is 5.09. The van der Waals surface area contributed by atoms with Crippen molar-refractivity contribution in [3.05, 3.63) is 48.5 Å². The lowest BCUT2D eigenvalue weighted by Crippen LogP contribution is -2.16. The van der Waals surface area contributed by atoms with Crippen LogP contribution in [0.25, 0.3) is 0 Å². The van der Waals surface area contributed by atoms with Crippen LogP contribution in [0.2, 0.25) is 0 Å². The summed E-state index contributed by atoms with van der Waals surface area (Å²) >= 11 is 0. The van der Waals surface area contributed by atoms with Gasteiger partial charge in [-0.1, -0.05) is 18.2 Å². The van der Waals surface area contributed by atoms with Gasteiger partial charge in [0.2, 0.25) is 10.0 Å². The topological polar surface area (TPSA) is 116 Å².